The normalized spacial score (nSPS) is 10.6. The molecule has 2 rings (SSSR count). The van der Waals surface area contributed by atoms with Crippen molar-refractivity contribution in [1.82, 2.24) is 5.16 Å². The second kappa shape index (κ2) is 4.91. The molecule has 5 nitrogen and oxygen atoms in total. The van der Waals surface area contributed by atoms with Gasteiger partial charge in [-0.05, 0) is 12.1 Å². The molecule has 2 aromatic rings. The van der Waals surface area contributed by atoms with Crippen molar-refractivity contribution >= 4 is 11.7 Å². The molecule has 0 fully saturated rings. The molecule has 0 amide bonds. The number of ether oxygens (including phenoxy) is 1. The van der Waals surface area contributed by atoms with Gasteiger partial charge in [-0.15, -0.1) is 0 Å². The van der Waals surface area contributed by atoms with Gasteiger partial charge >= 0.3 is 5.97 Å². The fraction of sp³-hybridized carbons (Fsp3) is 0.231. The Morgan fingerprint density at radius 3 is 2.56 bits per heavy atom. The number of benzene rings is 1. The Kier molecular flexibility index (Phi) is 3.32. The van der Waals surface area contributed by atoms with E-state index in [0.717, 1.165) is 0 Å². The summed E-state index contributed by atoms with van der Waals surface area (Å²) in [6.07, 6.45) is 0. The molecule has 1 aromatic carbocycles. The molecule has 0 saturated carbocycles. The molecule has 1 aromatic heterocycles. The van der Waals surface area contributed by atoms with Crippen LogP contribution in [0.1, 0.15) is 36.0 Å². The number of nitrogen functional groups attached to an aromatic ring is 1. The van der Waals surface area contributed by atoms with Crippen molar-refractivity contribution in [2.75, 3.05) is 5.73 Å². The van der Waals surface area contributed by atoms with Crippen LogP contribution in [0.2, 0.25) is 0 Å². The molecule has 0 aliphatic rings. The lowest BCUT2D eigenvalue weighted by molar-refractivity contribution is 0.0692. The van der Waals surface area contributed by atoms with E-state index in [9.17, 15) is 4.79 Å². The minimum Gasteiger partial charge on any atom is -0.421 e. The van der Waals surface area contributed by atoms with E-state index in [1.807, 2.05) is 19.9 Å². The van der Waals surface area contributed by atoms with E-state index < -0.39 is 5.97 Å². The molecule has 0 atom stereocenters. The second-order valence-electron chi connectivity index (χ2n) is 4.17. The van der Waals surface area contributed by atoms with Gasteiger partial charge in [-0.1, -0.05) is 37.2 Å². The number of carbonyl (C=O) groups is 1. The lowest BCUT2D eigenvalue weighted by Gasteiger charge is -2.02. The topological polar surface area (TPSA) is 78.3 Å². The third kappa shape index (κ3) is 2.34. The maximum absolute atomic E-state index is 11.8. The Morgan fingerprint density at radius 1 is 1.33 bits per heavy atom. The van der Waals surface area contributed by atoms with Crippen LogP contribution in [0.25, 0.3) is 0 Å². The zero-order valence-electron chi connectivity index (χ0n) is 10.2. The molecule has 0 saturated heterocycles. The lowest BCUT2D eigenvalue weighted by Crippen LogP contribution is -2.10. The molecule has 0 unspecified atom stereocenters. The summed E-state index contributed by atoms with van der Waals surface area (Å²) in [7, 11) is 0. The smallest absolute Gasteiger partial charge is 0.384 e. The first-order valence-electron chi connectivity index (χ1n) is 5.62. The summed E-state index contributed by atoms with van der Waals surface area (Å²) >= 11 is 0. The van der Waals surface area contributed by atoms with Gasteiger partial charge in [0.25, 0.3) is 5.76 Å². The molecular weight excluding hydrogens is 232 g/mol. The summed E-state index contributed by atoms with van der Waals surface area (Å²) in [6, 6.07) is 8.72. The summed E-state index contributed by atoms with van der Waals surface area (Å²) in [5.41, 5.74) is 6.61. The Labute approximate surface area is 105 Å². The first kappa shape index (κ1) is 12.2. The minimum absolute atomic E-state index is 0.0532. The van der Waals surface area contributed by atoms with Crippen LogP contribution in [-0.2, 0) is 0 Å². The van der Waals surface area contributed by atoms with Crippen LogP contribution < -0.4 is 10.5 Å². The number of para-hydroxylation sites is 1. The van der Waals surface area contributed by atoms with Gasteiger partial charge in [0, 0.05) is 5.92 Å². The summed E-state index contributed by atoms with van der Waals surface area (Å²) in [4.78, 5) is 11.8. The Bertz CT molecular complexity index is 547. The maximum Gasteiger partial charge on any atom is 0.384 e. The van der Waals surface area contributed by atoms with E-state index in [2.05, 4.69) is 5.16 Å². The fourth-order valence-electron chi connectivity index (χ4n) is 1.52. The predicted molar refractivity (Wildman–Crippen MR) is 66.4 cm³/mol. The highest BCUT2D eigenvalue weighted by Crippen LogP contribution is 2.25. The summed E-state index contributed by atoms with van der Waals surface area (Å²) < 4.78 is 10.1. The first-order chi connectivity index (χ1) is 8.59. The Hall–Kier alpha value is -2.30. The average Bonchev–Trinajstić information content (AvgIpc) is 2.72. The van der Waals surface area contributed by atoms with Crippen LogP contribution in [0.15, 0.2) is 34.9 Å². The number of nitrogens with two attached hydrogens (primary N) is 1. The van der Waals surface area contributed by atoms with E-state index in [1.54, 1.807) is 24.3 Å². The highest BCUT2D eigenvalue weighted by Gasteiger charge is 2.23. The Morgan fingerprint density at radius 2 is 2.00 bits per heavy atom. The van der Waals surface area contributed by atoms with Crippen molar-refractivity contribution in [3.63, 3.8) is 0 Å². The molecule has 0 spiro atoms. The standard InChI is InChI=1S/C13H14N2O3/c1-8(2)11-10(14)12(18-15-11)13(16)17-9-6-4-3-5-7-9/h3-8H,14H2,1-2H3. The van der Waals surface area contributed by atoms with Gasteiger partial charge in [0.05, 0.1) is 0 Å². The third-order valence-corrected chi connectivity index (χ3v) is 2.44. The van der Waals surface area contributed by atoms with Crippen LogP contribution in [-0.4, -0.2) is 11.1 Å². The lowest BCUT2D eigenvalue weighted by atomic mass is 10.1. The van der Waals surface area contributed by atoms with Gasteiger partial charge in [-0.25, -0.2) is 4.79 Å². The predicted octanol–water partition coefficient (Wildman–Crippen LogP) is 2.60. The Balaban J connectivity index is 2.20. The SMILES string of the molecule is CC(C)c1noc(C(=O)Oc2ccccc2)c1N. The summed E-state index contributed by atoms with van der Waals surface area (Å²) in [6.45, 7) is 3.83. The van der Waals surface area contributed by atoms with Crippen molar-refractivity contribution in [1.29, 1.82) is 0 Å². The number of anilines is 1. The molecule has 0 aliphatic carbocycles. The van der Waals surface area contributed by atoms with E-state index in [0.29, 0.717) is 11.4 Å². The van der Waals surface area contributed by atoms with Gasteiger partial charge in [-0.3, -0.25) is 0 Å². The summed E-state index contributed by atoms with van der Waals surface area (Å²) in [5, 5.41) is 3.78. The molecule has 94 valence electrons. The molecular formula is C13H14N2O3. The van der Waals surface area contributed by atoms with Gasteiger partial charge in [0.2, 0.25) is 0 Å². The van der Waals surface area contributed by atoms with E-state index >= 15 is 0 Å². The quantitative estimate of drug-likeness (QED) is 0.665. The van der Waals surface area contributed by atoms with Crippen molar-refractivity contribution in [3.8, 4) is 5.75 Å². The number of esters is 1. The first-order valence-corrected chi connectivity index (χ1v) is 5.62. The molecule has 1 heterocycles. The number of carbonyl (C=O) groups excluding carboxylic acids is 1. The number of aromatic nitrogens is 1. The molecule has 2 N–H and O–H groups in total. The molecule has 5 heteroatoms. The molecule has 0 aliphatic heterocycles. The van der Waals surface area contributed by atoms with Crippen molar-refractivity contribution in [2.45, 2.75) is 19.8 Å². The molecule has 18 heavy (non-hydrogen) atoms. The van der Waals surface area contributed by atoms with Crippen molar-refractivity contribution in [2.24, 2.45) is 0 Å². The van der Waals surface area contributed by atoms with E-state index in [4.69, 9.17) is 15.0 Å². The number of hydrogen-bond donors (Lipinski definition) is 1. The van der Waals surface area contributed by atoms with Crippen molar-refractivity contribution in [3.05, 3.63) is 41.8 Å². The average molecular weight is 246 g/mol. The molecule has 0 bridgehead atoms. The zero-order chi connectivity index (χ0) is 13.1. The second-order valence-corrected chi connectivity index (χ2v) is 4.17. The van der Waals surface area contributed by atoms with Crippen LogP contribution in [0.3, 0.4) is 0 Å². The third-order valence-electron chi connectivity index (χ3n) is 2.44. The van der Waals surface area contributed by atoms with Crippen LogP contribution >= 0.6 is 0 Å². The number of hydrogen-bond acceptors (Lipinski definition) is 5. The maximum atomic E-state index is 11.8. The molecule has 0 radical (unpaired) electrons. The fourth-order valence-corrected chi connectivity index (χ4v) is 1.52. The number of nitrogens with zero attached hydrogens (tertiary/aromatic N) is 1. The van der Waals surface area contributed by atoms with Crippen LogP contribution in [0, 0.1) is 0 Å². The highest BCUT2D eigenvalue weighted by atomic mass is 16.6. The summed E-state index contributed by atoms with van der Waals surface area (Å²) in [5.74, 6) is -0.169. The zero-order valence-corrected chi connectivity index (χ0v) is 10.2. The highest BCUT2D eigenvalue weighted by molar-refractivity contribution is 5.93. The van der Waals surface area contributed by atoms with Crippen LogP contribution in [0.4, 0.5) is 5.69 Å². The van der Waals surface area contributed by atoms with E-state index in [-0.39, 0.29) is 17.4 Å². The number of rotatable bonds is 3. The minimum atomic E-state index is -0.641. The van der Waals surface area contributed by atoms with Gasteiger partial charge in [-0.2, -0.15) is 0 Å². The monoisotopic (exact) mass is 246 g/mol. The van der Waals surface area contributed by atoms with Crippen LogP contribution in [0.5, 0.6) is 5.75 Å². The van der Waals surface area contributed by atoms with Gasteiger partial charge in [0.1, 0.15) is 17.1 Å². The van der Waals surface area contributed by atoms with Crippen molar-refractivity contribution < 1.29 is 14.1 Å². The largest absolute Gasteiger partial charge is 0.421 e. The van der Waals surface area contributed by atoms with Gasteiger partial charge < -0.3 is 15.0 Å². The van der Waals surface area contributed by atoms with E-state index in [1.165, 1.54) is 0 Å². The van der Waals surface area contributed by atoms with Gasteiger partial charge in [0.15, 0.2) is 0 Å².